The minimum Gasteiger partial charge on any atom is -0.0616 e. The van der Waals surface area contributed by atoms with Crippen LogP contribution in [0.3, 0.4) is 0 Å². The molecule has 0 spiro atoms. The van der Waals surface area contributed by atoms with Crippen LogP contribution in [0.4, 0.5) is 0 Å². The molecule has 0 bridgehead atoms. The molecule has 0 fully saturated rings. The van der Waals surface area contributed by atoms with Crippen LogP contribution in [-0.2, 0) is 21.7 Å². The lowest BCUT2D eigenvalue weighted by Crippen LogP contribution is -2.13. The Kier molecular flexibility index (Phi) is 8.99. The number of hydrogen-bond acceptors (Lipinski definition) is 0. The second kappa shape index (κ2) is 15.0. The topological polar surface area (TPSA) is 0 Å². The molecule has 0 aromatic heterocycles. The molecule has 15 aromatic rings. The van der Waals surface area contributed by atoms with Crippen molar-refractivity contribution in [2.45, 2.75) is 105 Å². The zero-order valence-electron chi connectivity index (χ0n) is 46.2. The van der Waals surface area contributed by atoms with E-state index in [0.29, 0.717) is 0 Å². The maximum Gasteiger partial charge on any atom is -0.000696 e. The number of rotatable bonds is 2. The first-order chi connectivity index (χ1) is 36.2. The fourth-order valence-electron chi connectivity index (χ4n) is 13.9. The van der Waals surface area contributed by atoms with Gasteiger partial charge in [-0.2, -0.15) is 0 Å². The molecule has 0 saturated heterocycles. The van der Waals surface area contributed by atoms with Crippen molar-refractivity contribution in [3.8, 4) is 22.3 Å². The molecule has 76 heavy (non-hydrogen) atoms. The Hall–Kier alpha value is -7.80. The van der Waals surface area contributed by atoms with Crippen molar-refractivity contribution in [3.63, 3.8) is 0 Å². The maximum atomic E-state index is 2.65. The van der Waals surface area contributed by atoms with Crippen molar-refractivity contribution in [2.75, 3.05) is 0 Å². The van der Waals surface area contributed by atoms with Crippen LogP contribution >= 0.6 is 0 Å². The molecular formula is C76H64. The third kappa shape index (κ3) is 6.31. The van der Waals surface area contributed by atoms with Crippen molar-refractivity contribution in [2.24, 2.45) is 0 Å². The first-order valence-electron chi connectivity index (χ1n) is 27.7. The van der Waals surface area contributed by atoms with Crippen molar-refractivity contribution in [1.29, 1.82) is 0 Å². The summed E-state index contributed by atoms with van der Waals surface area (Å²) in [5.74, 6) is 0. The van der Waals surface area contributed by atoms with Crippen LogP contribution in [0.2, 0.25) is 0 Å². The van der Waals surface area contributed by atoms with E-state index in [-0.39, 0.29) is 21.7 Å². The predicted octanol–water partition coefficient (Wildman–Crippen LogP) is 22.4. The van der Waals surface area contributed by atoms with Gasteiger partial charge >= 0.3 is 0 Å². The summed E-state index contributed by atoms with van der Waals surface area (Å²) >= 11 is 0. The van der Waals surface area contributed by atoms with Crippen molar-refractivity contribution in [3.05, 3.63) is 192 Å². The number of fused-ring (bicyclic) bond motifs is 11. The van der Waals surface area contributed by atoms with Gasteiger partial charge in [0, 0.05) is 0 Å². The van der Waals surface area contributed by atoms with E-state index in [9.17, 15) is 0 Å². The van der Waals surface area contributed by atoms with Gasteiger partial charge in [-0.1, -0.05) is 217 Å². The first-order valence-corrected chi connectivity index (χ1v) is 27.7. The molecule has 0 amide bonds. The molecule has 15 aromatic carbocycles. The van der Waals surface area contributed by atoms with E-state index in [1.807, 2.05) is 0 Å². The lowest BCUT2D eigenvalue weighted by atomic mass is 9.77. The second-order valence-corrected chi connectivity index (χ2v) is 26.9. The van der Waals surface area contributed by atoms with Crippen LogP contribution in [0, 0.1) is 0 Å². The van der Waals surface area contributed by atoms with Gasteiger partial charge in [0.15, 0.2) is 0 Å². The standard InChI is InChI=1S/C76H64/c1-73(2,3)47-28-25-44-31-49(75(7,8)9)37-60(55(44)35-47)69-63-40-58-57(53-22-16-21-52-51-20-14-13-17-43(51)33-59(58)67(52)53)39-62(63)70(61-38-50(76(10,11)12)32-45-26-29-48(36-56(45)61)74(4,5)6)72-64-34-46-19-15-18-41-23-24-42-27-30-54(71(69)72)68(64)66(42)65(41)46/h13-40H,1-12H3. The van der Waals surface area contributed by atoms with Crippen LogP contribution in [0.15, 0.2) is 170 Å². The summed E-state index contributed by atoms with van der Waals surface area (Å²) in [5, 5.41) is 31.7. The maximum absolute atomic E-state index is 2.65. The van der Waals surface area contributed by atoms with Crippen LogP contribution in [-0.4, -0.2) is 0 Å². The Bertz CT molecular complexity index is 4990. The summed E-state index contributed by atoms with van der Waals surface area (Å²) in [7, 11) is 0. The number of hydrogen-bond donors (Lipinski definition) is 0. The summed E-state index contributed by atoms with van der Waals surface area (Å²) in [4.78, 5) is 0. The Morgan fingerprint density at radius 3 is 1.22 bits per heavy atom. The highest BCUT2D eigenvalue weighted by atomic mass is 14.3. The van der Waals surface area contributed by atoms with Crippen molar-refractivity contribution >= 4 is 129 Å². The molecule has 0 aliphatic carbocycles. The van der Waals surface area contributed by atoms with E-state index in [1.54, 1.807) is 0 Å². The molecule has 0 N–H and O–H groups in total. The van der Waals surface area contributed by atoms with E-state index >= 15 is 0 Å². The fraction of sp³-hybridized carbons (Fsp3) is 0.211. The largest absolute Gasteiger partial charge is 0.0616 e. The van der Waals surface area contributed by atoms with Gasteiger partial charge in [0.1, 0.15) is 0 Å². The molecule has 0 heteroatoms. The molecule has 0 atom stereocenters. The predicted molar refractivity (Wildman–Crippen MR) is 336 cm³/mol. The highest BCUT2D eigenvalue weighted by molar-refractivity contribution is 6.47. The molecule has 15 rings (SSSR count). The fourth-order valence-corrected chi connectivity index (χ4v) is 13.9. The summed E-state index contributed by atoms with van der Waals surface area (Å²) in [6.45, 7) is 28.5. The summed E-state index contributed by atoms with van der Waals surface area (Å²) in [5.41, 5.74) is 10.4. The zero-order valence-corrected chi connectivity index (χ0v) is 46.2. The van der Waals surface area contributed by atoms with E-state index in [1.165, 1.54) is 174 Å². The Labute approximate surface area is 446 Å². The van der Waals surface area contributed by atoms with Gasteiger partial charge in [-0.25, -0.2) is 0 Å². The molecule has 0 radical (unpaired) electrons. The molecule has 368 valence electrons. The Morgan fingerprint density at radius 2 is 0.632 bits per heavy atom. The van der Waals surface area contributed by atoms with Crippen molar-refractivity contribution in [1.82, 2.24) is 0 Å². The Morgan fingerprint density at radius 1 is 0.197 bits per heavy atom. The van der Waals surface area contributed by atoms with Gasteiger partial charge in [-0.05, 0) is 232 Å². The third-order valence-corrected chi connectivity index (χ3v) is 18.0. The number of benzene rings is 13. The lowest BCUT2D eigenvalue weighted by Gasteiger charge is -2.26. The molecule has 0 heterocycles. The first kappa shape index (κ1) is 45.6. The highest BCUT2D eigenvalue weighted by Crippen LogP contribution is 2.57. The van der Waals surface area contributed by atoms with E-state index in [0.717, 1.165) is 0 Å². The minimum absolute atomic E-state index is 0.0432. The highest BCUT2D eigenvalue weighted by Gasteiger charge is 2.31. The van der Waals surface area contributed by atoms with E-state index in [2.05, 4.69) is 253 Å². The van der Waals surface area contributed by atoms with Crippen LogP contribution in [0.25, 0.3) is 152 Å². The van der Waals surface area contributed by atoms with Crippen LogP contribution in [0.1, 0.15) is 105 Å². The van der Waals surface area contributed by atoms with Crippen LogP contribution in [0.5, 0.6) is 0 Å². The normalized spacial score (nSPS) is 13.5. The molecule has 0 nitrogen and oxygen atoms in total. The summed E-state index contributed by atoms with van der Waals surface area (Å²) in [6.07, 6.45) is 0. The van der Waals surface area contributed by atoms with Gasteiger partial charge in [0.2, 0.25) is 0 Å². The van der Waals surface area contributed by atoms with Gasteiger partial charge < -0.3 is 0 Å². The third-order valence-electron chi connectivity index (χ3n) is 18.0. The van der Waals surface area contributed by atoms with Gasteiger partial charge in [0.25, 0.3) is 0 Å². The monoisotopic (exact) mass is 977 g/mol. The van der Waals surface area contributed by atoms with Gasteiger partial charge in [-0.15, -0.1) is 0 Å². The van der Waals surface area contributed by atoms with Crippen molar-refractivity contribution < 1.29 is 0 Å². The Balaban J connectivity index is 1.29. The van der Waals surface area contributed by atoms with Gasteiger partial charge in [0.05, 0.1) is 0 Å². The lowest BCUT2D eigenvalue weighted by molar-refractivity contribution is 0.589. The molecular weight excluding hydrogens is 913 g/mol. The summed E-state index contributed by atoms with van der Waals surface area (Å²) < 4.78 is 0. The molecule has 0 unspecified atom stereocenters. The average Bonchev–Trinajstić information content (AvgIpc) is 3.97. The van der Waals surface area contributed by atoms with E-state index in [4.69, 9.17) is 0 Å². The SMILES string of the molecule is CC(C)(C)c1cc(-c2c3cc4c(cc3c(-c3cc(C(C)(C)C)cc5ccc(C(C)(C)C)cc35)c3c5cc6cccc7ccc8ccc(c23)c5c8c76)c2cccc3c5ccccc5cc4c32)c2cc(C(C)(C)C)ccc2c1. The van der Waals surface area contributed by atoms with E-state index < -0.39 is 0 Å². The second-order valence-electron chi connectivity index (χ2n) is 26.9. The zero-order chi connectivity index (χ0) is 52.3. The smallest absolute Gasteiger partial charge is 0.000696 e. The molecule has 0 aliphatic rings. The molecule has 0 aliphatic heterocycles. The summed E-state index contributed by atoms with van der Waals surface area (Å²) in [6, 6.07) is 67.7. The quantitative estimate of drug-likeness (QED) is 0.151. The average molecular weight is 977 g/mol. The van der Waals surface area contributed by atoms with Crippen LogP contribution < -0.4 is 0 Å². The molecule has 0 saturated carbocycles. The minimum atomic E-state index is -0.101. The van der Waals surface area contributed by atoms with Gasteiger partial charge in [-0.3, -0.25) is 0 Å².